The molecule has 0 spiro atoms. The molecule has 0 amide bonds. The summed E-state index contributed by atoms with van der Waals surface area (Å²) < 4.78 is 32.0. The molecule has 1 aromatic rings. The van der Waals surface area contributed by atoms with E-state index in [1.807, 2.05) is 13.8 Å². The van der Waals surface area contributed by atoms with Crippen molar-refractivity contribution in [2.75, 3.05) is 0 Å². The van der Waals surface area contributed by atoms with Crippen molar-refractivity contribution in [3.63, 3.8) is 0 Å². The second kappa shape index (κ2) is 3.89. The molecule has 0 atom stereocenters. The number of fused-ring (bicyclic) bond motifs is 1. The standard InChI is InChI=1S/C11H15NO4S/c1-11(2)6-5-8-7-9(16-17(12,13)14)3-4-10(8)15-11/h3-4,7H,5-6H2,1-2H3,(H2,12,13,14). The van der Waals surface area contributed by atoms with E-state index < -0.39 is 10.3 Å². The normalized spacial score (nSPS) is 18.1. The van der Waals surface area contributed by atoms with Crippen LogP contribution in [0.4, 0.5) is 0 Å². The average molecular weight is 257 g/mol. The van der Waals surface area contributed by atoms with Gasteiger partial charge in [-0.25, -0.2) is 0 Å². The summed E-state index contributed by atoms with van der Waals surface area (Å²) in [4.78, 5) is 0. The molecule has 0 radical (unpaired) electrons. The molecule has 6 heteroatoms. The maximum absolute atomic E-state index is 10.8. The highest BCUT2D eigenvalue weighted by atomic mass is 32.2. The second-order valence-corrected chi connectivity index (χ2v) is 5.86. The third-order valence-corrected chi connectivity index (χ3v) is 3.05. The van der Waals surface area contributed by atoms with Crippen molar-refractivity contribution in [1.82, 2.24) is 0 Å². The lowest BCUT2D eigenvalue weighted by molar-refractivity contribution is 0.0846. The third kappa shape index (κ3) is 3.10. The summed E-state index contributed by atoms with van der Waals surface area (Å²) in [7, 11) is -3.97. The molecule has 17 heavy (non-hydrogen) atoms. The fourth-order valence-electron chi connectivity index (χ4n) is 1.82. The molecule has 0 unspecified atom stereocenters. The van der Waals surface area contributed by atoms with Crippen LogP contribution in [0.1, 0.15) is 25.8 Å². The van der Waals surface area contributed by atoms with Crippen LogP contribution in [0.5, 0.6) is 11.5 Å². The topological polar surface area (TPSA) is 78.6 Å². The zero-order valence-corrected chi connectivity index (χ0v) is 10.6. The number of benzene rings is 1. The summed E-state index contributed by atoms with van der Waals surface area (Å²) in [5, 5.41) is 4.81. The number of rotatable bonds is 2. The highest BCUT2D eigenvalue weighted by molar-refractivity contribution is 7.84. The van der Waals surface area contributed by atoms with E-state index in [1.54, 1.807) is 12.1 Å². The summed E-state index contributed by atoms with van der Waals surface area (Å²) in [6.45, 7) is 4.04. The minimum absolute atomic E-state index is 0.185. The van der Waals surface area contributed by atoms with E-state index in [1.165, 1.54) is 6.07 Å². The number of nitrogens with two attached hydrogens (primary N) is 1. The van der Waals surface area contributed by atoms with Crippen LogP contribution in [0, 0.1) is 0 Å². The van der Waals surface area contributed by atoms with Crippen LogP contribution in [-0.2, 0) is 16.7 Å². The molecule has 0 saturated carbocycles. The SMILES string of the molecule is CC1(C)CCc2cc(OS(N)(=O)=O)ccc2O1. The van der Waals surface area contributed by atoms with Crippen LogP contribution in [0.15, 0.2) is 18.2 Å². The zero-order valence-electron chi connectivity index (χ0n) is 9.76. The van der Waals surface area contributed by atoms with Crippen LogP contribution in [0.25, 0.3) is 0 Å². The molecule has 0 fully saturated rings. The van der Waals surface area contributed by atoms with Gasteiger partial charge in [0.1, 0.15) is 17.1 Å². The van der Waals surface area contributed by atoms with Crippen LogP contribution in [-0.4, -0.2) is 14.0 Å². The molecular weight excluding hydrogens is 242 g/mol. The van der Waals surface area contributed by atoms with Crippen LogP contribution < -0.4 is 14.1 Å². The number of hydrogen-bond donors (Lipinski definition) is 1. The molecule has 0 bridgehead atoms. The minimum atomic E-state index is -3.97. The third-order valence-electron chi connectivity index (χ3n) is 2.63. The maximum atomic E-state index is 10.8. The summed E-state index contributed by atoms with van der Waals surface area (Å²) in [6.07, 6.45) is 1.70. The van der Waals surface area contributed by atoms with Gasteiger partial charge in [-0.05, 0) is 50.5 Å². The van der Waals surface area contributed by atoms with Gasteiger partial charge in [0.25, 0.3) is 0 Å². The minimum Gasteiger partial charge on any atom is -0.488 e. The number of aryl methyl sites for hydroxylation is 1. The fourth-order valence-corrected chi connectivity index (χ4v) is 2.19. The molecule has 94 valence electrons. The fraction of sp³-hybridized carbons (Fsp3) is 0.455. The first-order chi connectivity index (χ1) is 7.75. The van der Waals surface area contributed by atoms with Crippen LogP contribution in [0.2, 0.25) is 0 Å². The first-order valence-corrected chi connectivity index (χ1v) is 6.76. The van der Waals surface area contributed by atoms with Gasteiger partial charge in [0.15, 0.2) is 0 Å². The molecule has 0 saturated heterocycles. The summed E-state index contributed by atoms with van der Waals surface area (Å²) in [5.41, 5.74) is 0.750. The zero-order chi connectivity index (χ0) is 12.7. The summed E-state index contributed by atoms with van der Waals surface area (Å²) in [6, 6.07) is 4.89. The van der Waals surface area contributed by atoms with Gasteiger partial charge in [-0.2, -0.15) is 13.6 Å². The van der Waals surface area contributed by atoms with E-state index in [0.29, 0.717) is 0 Å². The number of hydrogen-bond acceptors (Lipinski definition) is 4. The van der Waals surface area contributed by atoms with E-state index >= 15 is 0 Å². The van der Waals surface area contributed by atoms with Crippen molar-refractivity contribution in [2.45, 2.75) is 32.3 Å². The predicted octanol–water partition coefficient (Wildman–Crippen LogP) is 1.37. The molecule has 0 aliphatic carbocycles. The maximum Gasteiger partial charge on any atom is 0.380 e. The molecule has 1 aliphatic heterocycles. The van der Waals surface area contributed by atoms with Crippen molar-refractivity contribution in [3.8, 4) is 11.5 Å². The number of ether oxygens (including phenoxy) is 1. The molecule has 1 aromatic carbocycles. The Kier molecular flexibility index (Phi) is 2.79. The lowest BCUT2D eigenvalue weighted by Crippen LogP contribution is -2.32. The van der Waals surface area contributed by atoms with Gasteiger partial charge >= 0.3 is 10.3 Å². The van der Waals surface area contributed by atoms with Gasteiger partial charge in [0.2, 0.25) is 0 Å². The quantitative estimate of drug-likeness (QED) is 0.868. The van der Waals surface area contributed by atoms with Crippen molar-refractivity contribution in [3.05, 3.63) is 23.8 Å². The smallest absolute Gasteiger partial charge is 0.380 e. The van der Waals surface area contributed by atoms with Gasteiger partial charge in [-0.15, -0.1) is 0 Å². The first-order valence-electron chi connectivity index (χ1n) is 5.29. The van der Waals surface area contributed by atoms with E-state index in [0.717, 1.165) is 24.2 Å². The average Bonchev–Trinajstić information content (AvgIpc) is 2.15. The van der Waals surface area contributed by atoms with Gasteiger partial charge < -0.3 is 8.92 Å². The Morgan fingerprint density at radius 2 is 2.12 bits per heavy atom. The van der Waals surface area contributed by atoms with Crippen LogP contribution >= 0.6 is 0 Å². The predicted molar refractivity (Wildman–Crippen MR) is 63.2 cm³/mol. The summed E-state index contributed by atoms with van der Waals surface area (Å²) >= 11 is 0. The molecule has 0 aromatic heterocycles. The molecule has 2 rings (SSSR count). The first kappa shape index (κ1) is 12.2. The Morgan fingerprint density at radius 3 is 2.76 bits per heavy atom. The lowest BCUT2D eigenvalue weighted by atomic mass is 9.94. The van der Waals surface area contributed by atoms with Crippen molar-refractivity contribution in [2.24, 2.45) is 5.14 Å². The van der Waals surface area contributed by atoms with Gasteiger partial charge in [-0.1, -0.05) is 0 Å². The van der Waals surface area contributed by atoms with E-state index in [-0.39, 0.29) is 11.4 Å². The van der Waals surface area contributed by atoms with Crippen LogP contribution in [0.3, 0.4) is 0 Å². The van der Waals surface area contributed by atoms with Gasteiger partial charge in [0.05, 0.1) is 0 Å². The summed E-state index contributed by atoms with van der Waals surface area (Å²) in [5.74, 6) is 0.984. The molecular formula is C11H15NO4S. The largest absolute Gasteiger partial charge is 0.488 e. The Labute approximate surface area is 101 Å². The van der Waals surface area contributed by atoms with Crippen molar-refractivity contribution in [1.29, 1.82) is 0 Å². The van der Waals surface area contributed by atoms with Crippen molar-refractivity contribution < 1.29 is 17.3 Å². The monoisotopic (exact) mass is 257 g/mol. The Morgan fingerprint density at radius 1 is 1.41 bits per heavy atom. The highest BCUT2D eigenvalue weighted by Crippen LogP contribution is 2.35. The lowest BCUT2D eigenvalue weighted by Gasteiger charge is -2.32. The molecule has 1 heterocycles. The van der Waals surface area contributed by atoms with Gasteiger partial charge in [0, 0.05) is 0 Å². The van der Waals surface area contributed by atoms with Gasteiger partial charge in [-0.3, -0.25) is 0 Å². The molecule has 1 aliphatic rings. The molecule has 2 N–H and O–H groups in total. The van der Waals surface area contributed by atoms with E-state index in [2.05, 4.69) is 4.18 Å². The Hall–Kier alpha value is -1.27. The van der Waals surface area contributed by atoms with E-state index in [9.17, 15) is 8.42 Å². The highest BCUT2D eigenvalue weighted by Gasteiger charge is 2.26. The Bertz CT molecular complexity index is 536. The molecule has 5 nitrogen and oxygen atoms in total. The second-order valence-electron chi connectivity index (χ2n) is 4.71. The van der Waals surface area contributed by atoms with E-state index in [4.69, 9.17) is 9.88 Å². The van der Waals surface area contributed by atoms with Crippen molar-refractivity contribution >= 4 is 10.3 Å². The Balaban J connectivity index is 2.28.